The van der Waals surface area contributed by atoms with Crippen LogP contribution in [0.15, 0.2) is 24.3 Å². The van der Waals surface area contributed by atoms with Crippen LogP contribution >= 0.6 is 11.6 Å². The molecule has 1 aromatic carbocycles. The Labute approximate surface area is 164 Å². The molecule has 2 heterocycles. The number of hydrogen-bond donors (Lipinski definition) is 1. The first-order valence-corrected chi connectivity index (χ1v) is 9.59. The van der Waals surface area contributed by atoms with Crippen molar-refractivity contribution in [3.8, 4) is 5.75 Å². The first kappa shape index (κ1) is 18.5. The highest BCUT2D eigenvalue weighted by Gasteiger charge is 2.41. The number of rotatable bonds is 4. The second-order valence-corrected chi connectivity index (χ2v) is 7.58. The molecule has 0 radical (unpaired) electrons. The maximum absolute atomic E-state index is 6.25. The van der Waals surface area contributed by atoms with Gasteiger partial charge in [-0.15, -0.1) is 0 Å². The number of nitrogens with zero attached hydrogens (tertiary/aromatic N) is 2. The predicted octanol–water partition coefficient (Wildman–Crippen LogP) is 4.06. The summed E-state index contributed by atoms with van der Waals surface area (Å²) in [7, 11) is 1.66. The Hall–Kier alpha value is -1.89. The zero-order valence-electron chi connectivity index (χ0n) is 15.7. The van der Waals surface area contributed by atoms with Crippen molar-refractivity contribution in [1.29, 1.82) is 0 Å². The zero-order valence-corrected chi connectivity index (χ0v) is 16.5. The molecule has 0 spiro atoms. The summed E-state index contributed by atoms with van der Waals surface area (Å²) in [4.78, 5) is 8.70. The summed E-state index contributed by atoms with van der Waals surface area (Å²) in [5.74, 6) is 2.69. The third-order valence-electron chi connectivity index (χ3n) is 5.32. The zero-order chi connectivity index (χ0) is 19.0. The van der Waals surface area contributed by atoms with Gasteiger partial charge in [0.1, 0.15) is 22.5 Å². The van der Waals surface area contributed by atoms with Gasteiger partial charge in [-0.25, -0.2) is 9.97 Å². The summed E-state index contributed by atoms with van der Waals surface area (Å²) >= 11 is 6.19. The van der Waals surface area contributed by atoms with Gasteiger partial charge in [0.2, 0.25) is 0 Å². The molecule has 2 fully saturated rings. The van der Waals surface area contributed by atoms with Crippen molar-refractivity contribution in [3.05, 3.63) is 46.4 Å². The monoisotopic (exact) mass is 389 g/mol. The molecular formula is C20H24ClN3O3. The lowest BCUT2D eigenvalue weighted by molar-refractivity contribution is -0.233. The molecule has 4 rings (SSSR count). The summed E-state index contributed by atoms with van der Waals surface area (Å²) in [6.45, 7) is 4.48. The van der Waals surface area contributed by atoms with E-state index in [1.807, 2.05) is 38.1 Å². The molecular weight excluding hydrogens is 366 g/mol. The number of ether oxygens (including phenoxy) is 3. The Bertz CT molecular complexity index is 815. The van der Waals surface area contributed by atoms with Gasteiger partial charge < -0.3 is 19.5 Å². The first-order chi connectivity index (χ1) is 13.0. The van der Waals surface area contributed by atoms with Crippen LogP contribution in [0.25, 0.3) is 0 Å². The van der Waals surface area contributed by atoms with Crippen molar-refractivity contribution in [2.75, 3.05) is 19.0 Å². The van der Waals surface area contributed by atoms with Crippen LogP contribution in [0.1, 0.15) is 36.1 Å². The van der Waals surface area contributed by atoms with E-state index in [0.29, 0.717) is 23.5 Å². The van der Waals surface area contributed by atoms with Crippen molar-refractivity contribution in [2.45, 2.75) is 45.1 Å². The van der Waals surface area contributed by atoms with Crippen molar-refractivity contribution < 1.29 is 14.2 Å². The molecule has 1 N–H and O–H groups in total. The smallest absolute Gasteiger partial charge is 0.184 e. The van der Waals surface area contributed by atoms with E-state index < -0.39 is 0 Å². The van der Waals surface area contributed by atoms with E-state index in [1.165, 1.54) is 0 Å². The quantitative estimate of drug-likeness (QED) is 0.795. The number of halogens is 1. The Morgan fingerprint density at radius 1 is 1.15 bits per heavy atom. The molecule has 0 amide bonds. The predicted molar refractivity (Wildman–Crippen MR) is 103 cm³/mol. The van der Waals surface area contributed by atoms with E-state index in [0.717, 1.165) is 35.5 Å². The molecule has 1 aromatic heterocycles. The lowest BCUT2D eigenvalue weighted by Gasteiger charge is -2.32. The minimum atomic E-state index is -0.326. The van der Waals surface area contributed by atoms with E-state index in [4.69, 9.17) is 25.8 Å². The van der Waals surface area contributed by atoms with Gasteiger partial charge >= 0.3 is 0 Å². The van der Waals surface area contributed by atoms with Crippen molar-refractivity contribution >= 4 is 17.4 Å². The van der Waals surface area contributed by atoms with Crippen LogP contribution in [0, 0.1) is 19.8 Å². The molecule has 1 saturated carbocycles. The van der Waals surface area contributed by atoms with Crippen LogP contribution in [-0.4, -0.2) is 35.8 Å². The highest BCUT2D eigenvalue weighted by atomic mass is 35.5. The topological polar surface area (TPSA) is 65.5 Å². The van der Waals surface area contributed by atoms with E-state index in [2.05, 4.69) is 15.3 Å². The minimum absolute atomic E-state index is 0.169. The number of fused-ring (bicyclic) bond motifs is 1. The molecule has 1 saturated heterocycles. The Morgan fingerprint density at radius 2 is 1.93 bits per heavy atom. The molecule has 2 aromatic rings. The summed E-state index contributed by atoms with van der Waals surface area (Å²) in [6.07, 6.45) is 1.75. The van der Waals surface area contributed by atoms with Gasteiger partial charge in [-0.3, -0.25) is 0 Å². The van der Waals surface area contributed by atoms with Crippen LogP contribution in [0.2, 0.25) is 5.15 Å². The van der Waals surface area contributed by atoms with Gasteiger partial charge in [0.25, 0.3) is 0 Å². The van der Waals surface area contributed by atoms with Gasteiger partial charge in [-0.05, 0) is 38.8 Å². The summed E-state index contributed by atoms with van der Waals surface area (Å²) in [5, 5.41) is 4.03. The van der Waals surface area contributed by atoms with Gasteiger partial charge in [0.15, 0.2) is 6.29 Å². The maximum Gasteiger partial charge on any atom is 0.184 e. The number of aromatic nitrogens is 2. The third-order valence-corrected chi connectivity index (χ3v) is 5.68. The van der Waals surface area contributed by atoms with E-state index in [-0.39, 0.29) is 18.4 Å². The van der Waals surface area contributed by atoms with Crippen molar-refractivity contribution in [1.82, 2.24) is 9.97 Å². The second kappa shape index (κ2) is 7.62. The fourth-order valence-electron chi connectivity index (χ4n) is 3.82. The molecule has 27 heavy (non-hydrogen) atoms. The van der Waals surface area contributed by atoms with Gasteiger partial charge in [0, 0.05) is 23.1 Å². The molecule has 144 valence electrons. The normalized spacial score (nSPS) is 27.3. The highest BCUT2D eigenvalue weighted by Crippen LogP contribution is 2.39. The lowest BCUT2D eigenvalue weighted by Crippen LogP contribution is -2.32. The molecule has 7 heteroatoms. The van der Waals surface area contributed by atoms with Gasteiger partial charge in [0.05, 0.1) is 19.8 Å². The van der Waals surface area contributed by atoms with Crippen LogP contribution in [0.4, 0.5) is 5.82 Å². The number of nitrogens with one attached hydrogen (secondary N) is 1. The average molecular weight is 390 g/mol. The lowest BCUT2D eigenvalue weighted by atomic mass is 10.1. The average Bonchev–Trinajstić information content (AvgIpc) is 3.07. The van der Waals surface area contributed by atoms with Crippen molar-refractivity contribution in [2.24, 2.45) is 5.92 Å². The fraction of sp³-hybridized carbons (Fsp3) is 0.500. The first-order valence-electron chi connectivity index (χ1n) is 9.21. The SMILES string of the molecule is COc1ccc(C2OC[C@@H]3C[C@@H](Nc4nc(C)nc(Cl)c4C)C[C@@H]3O2)cc1. The fourth-order valence-corrected chi connectivity index (χ4v) is 4.03. The van der Waals surface area contributed by atoms with Crippen LogP contribution in [0.3, 0.4) is 0 Å². The van der Waals surface area contributed by atoms with Crippen LogP contribution in [0.5, 0.6) is 5.75 Å². The molecule has 4 atom stereocenters. The number of hydrogen-bond acceptors (Lipinski definition) is 6. The minimum Gasteiger partial charge on any atom is -0.497 e. The van der Waals surface area contributed by atoms with Crippen LogP contribution < -0.4 is 10.1 Å². The maximum atomic E-state index is 6.25. The van der Waals surface area contributed by atoms with Gasteiger partial charge in [-0.2, -0.15) is 0 Å². The third kappa shape index (κ3) is 3.88. The van der Waals surface area contributed by atoms with Gasteiger partial charge in [-0.1, -0.05) is 23.7 Å². The number of benzene rings is 1. The number of methoxy groups -OCH3 is 1. The Morgan fingerprint density at radius 3 is 2.67 bits per heavy atom. The summed E-state index contributed by atoms with van der Waals surface area (Å²) in [5.41, 5.74) is 1.89. The summed E-state index contributed by atoms with van der Waals surface area (Å²) in [6, 6.07) is 8.11. The van der Waals surface area contributed by atoms with Crippen molar-refractivity contribution in [3.63, 3.8) is 0 Å². The number of aryl methyl sites for hydroxylation is 1. The summed E-state index contributed by atoms with van der Waals surface area (Å²) < 4.78 is 17.4. The Kier molecular flexibility index (Phi) is 5.21. The molecule has 1 aliphatic carbocycles. The highest BCUT2D eigenvalue weighted by molar-refractivity contribution is 6.30. The largest absolute Gasteiger partial charge is 0.497 e. The second-order valence-electron chi connectivity index (χ2n) is 7.22. The van der Waals surface area contributed by atoms with E-state index in [1.54, 1.807) is 7.11 Å². The molecule has 1 unspecified atom stereocenters. The molecule has 0 bridgehead atoms. The molecule has 2 aliphatic rings. The Balaban J connectivity index is 1.41. The van der Waals surface area contributed by atoms with E-state index in [9.17, 15) is 0 Å². The molecule has 6 nitrogen and oxygen atoms in total. The standard InChI is InChI=1S/C20H24ClN3O3/c1-11-18(21)22-12(2)23-19(11)24-15-8-14-10-26-20(27-17(14)9-15)13-4-6-16(25-3)7-5-13/h4-7,14-15,17,20H,8-10H2,1-3H3,(H,22,23,24)/t14-,15+,17-,20?/m0/s1. The van der Waals surface area contributed by atoms with E-state index >= 15 is 0 Å². The molecule has 1 aliphatic heterocycles. The van der Waals surface area contributed by atoms with Crippen LogP contribution in [-0.2, 0) is 9.47 Å². The number of anilines is 1.